The van der Waals surface area contributed by atoms with Gasteiger partial charge in [-0.25, -0.2) is 13.1 Å². The quantitative estimate of drug-likeness (QED) is 0.511. The van der Waals surface area contributed by atoms with E-state index in [0.29, 0.717) is 16.8 Å². The molecule has 30 heavy (non-hydrogen) atoms. The topological polar surface area (TPSA) is 92.3 Å². The minimum Gasteiger partial charge on any atom is -0.322 e. The predicted octanol–water partition coefficient (Wildman–Crippen LogP) is 4.15. The maximum Gasteiger partial charge on any atom is 0.256 e. The summed E-state index contributed by atoms with van der Waals surface area (Å²) in [5, 5.41) is 2.69. The number of nitrogens with one attached hydrogen (secondary N) is 2. The van der Waals surface area contributed by atoms with Gasteiger partial charge in [0.25, 0.3) is 5.91 Å². The van der Waals surface area contributed by atoms with Crippen molar-refractivity contribution in [3.05, 3.63) is 93.5 Å². The second kappa shape index (κ2) is 8.91. The number of sulfonamides is 1. The number of rotatable bonds is 6. The molecule has 0 spiro atoms. The zero-order valence-corrected chi connectivity index (χ0v) is 18.7. The van der Waals surface area contributed by atoms with Crippen LogP contribution in [0.3, 0.4) is 0 Å². The van der Waals surface area contributed by atoms with Crippen molar-refractivity contribution in [1.29, 1.82) is 0 Å². The van der Waals surface area contributed by atoms with Gasteiger partial charge in [-0.15, -0.1) is 0 Å². The molecule has 0 bridgehead atoms. The van der Waals surface area contributed by atoms with Gasteiger partial charge in [-0.3, -0.25) is 9.59 Å². The molecular formula is C22H19BrN2O4S. The van der Waals surface area contributed by atoms with Crippen molar-refractivity contribution in [3.8, 4) is 0 Å². The van der Waals surface area contributed by atoms with Gasteiger partial charge in [0.1, 0.15) is 0 Å². The van der Waals surface area contributed by atoms with E-state index in [0.717, 1.165) is 4.47 Å². The molecule has 0 unspecified atom stereocenters. The number of halogens is 1. The maximum atomic E-state index is 12.9. The van der Waals surface area contributed by atoms with E-state index in [-0.39, 0.29) is 21.8 Å². The van der Waals surface area contributed by atoms with Gasteiger partial charge >= 0.3 is 0 Å². The minimum absolute atomic E-state index is 0.0713. The van der Waals surface area contributed by atoms with Crippen molar-refractivity contribution in [2.75, 3.05) is 12.4 Å². The molecule has 0 atom stereocenters. The summed E-state index contributed by atoms with van der Waals surface area (Å²) in [6.07, 6.45) is 0. The molecule has 3 rings (SSSR count). The number of carbonyl (C=O) groups excluding carboxylic acids is 2. The molecular weight excluding hydrogens is 468 g/mol. The van der Waals surface area contributed by atoms with Gasteiger partial charge < -0.3 is 5.32 Å². The highest BCUT2D eigenvalue weighted by Crippen LogP contribution is 2.22. The molecule has 3 aromatic rings. The maximum absolute atomic E-state index is 12.9. The minimum atomic E-state index is -3.67. The fourth-order valence-electron chi connectivity index (χ4n) is 2.91. The van der Waals surface area contributed by atoms with Crippen LogP contribution in [0.1, 0.15) is 31.8 Å². The average Bonchev–Trinajstić information content (AvgIpc) is 2.75. The van der Waals surface area contributed by atoms with Gasteiger partial charge in [0, 0.05) is 21.3 Å². The molecule has 0 aromatic heterocycles. The van der Waals surface area contributed by atoms with Gasteiger partial charge in [-0.2, -0.15) is 0 Å². The van der Waals surface area contributed by atoms with Crippen LogP contribution in [0.5, 0.6) is 0 Å². The summed E-state index contributed by atoms with van der Waals surface area (Å²) in [6.45, 7) is 1.67. The molecule has 3 aromatic carbocycles. The van der Waals surface area contributed by atoms with E-state index in [2.05, 4.69) is 26.0 Å². The Labute approximate surface area is 183 Å². The number of anilines is 1. The monoisotopic (exact) mass is 486 g/mol. The summed E-state index contributed by atoms with van der Waals surface area (Å²) in [7, 11) is -2.35. The molecule has 0 aliphatic heterocycles. The van der Waals surface area contributed by atoms with Crippen molar-refractivity contribution < 1.29 is 18.0 Å². The third-order valence-corrected chi connectivity index (χ3v) is 6.61. The summed E-state index contributed by atoms with van der Waals surface area (Å²) in [5.74, 6) is -0.789. The Morgan fingerprint density at radius 2 is 1.53 bits per heavy atom. The molecule has 154 valence electrons. The normalized spacial score (nSPS) is 11.2. The summed E-state index contributed by atoms with van der Waals surface area (Å²) in [5.41, 5.74) is 1.77. The Morgan fingerprint density at radius 3 is 2.17 bits per heavy atom. The van der Waals surface area contributed by atoms with E-state index in [4.69, 9.17) is 0 Å². The van der Waals surface area contributed by atoms with E-state index in [9.17, 15) is 18.0 Å². The van der Waals surface area contributed by atoms with Crippen LogP contribution in [0.15, 0.2) is 76.1 Å². The lowest BCUT2D eigenvalue weighted by Crippen LogP contribution is -2.21. The van der Waals surface area contributed by atoms with Gasteiger partial charge in [-0.1, -0.05) is 40.2 Å². The first kappa shape index (κ1) is 21.9. The van der Waals surface area contributed by atoms with E-state index in [1.54, 1.807) is 67.6 Å². The first-order chi connectivity index (χ1) is 14.2. The van der Waals surface area contributed by atoms with Crippen LogP contribution in [0.4, 0.5) is 5.69 Å². The fourth-order valence-corrected chi connectivity index (χ4v) is 4.17. The number of amides is 1. The fraction of sp³-hybridized carbons (Fsp3) is 0.0909. The highest BCUT2D eigenvalue weighted by atomic mass is 79.9. The predicted molar refractivity (Wildman–Crippen MR) is 119 cm³/mol. The number of benzene rings is 3. The number of hydrogen-bond acceptors (Lipinski definition) is 4. The zero-order valence-electron chi connectivity index (χ0n) is 16.3. The Kier molecular flexibility index (Phi) is 6.50. The van der Waals surface area contributed by atoms with Crippen LogP contribution < -0.4 is 10.0 Å². The molecule has 0 fully saturated rings. The van der Waals surface area contributed by atoms with Crippen molar-refractivity contribution in [2.45, 2.75) is 11.8 Å². The molecule has 0 aliphatic carbocycles. The van der Waals surface area contributed by atoms with Crippen molar-refractivity contribution >= 4 is 43.3 Å². The number of hydrogen-bond donors (Lipinski definition) is 2. The molecule has 2 N–H and O–H groups in total. The lowest BCUT2D eigenvalue weighted by molar-refractivity contribution is 0.0996. The summed E-state index contributed by atoms with van der Waals surface area (Å²) < 4.78 is 27.5. The smallest absolute Gasteiger partial charge is 0.256 e. The number of aryl methyl sites for hydroxylation is 1. The number of carbonyl (C=O) groups is 2. The largest absolute Gasteiger partial charge is 0.322 e. The highest BCUT2D eigenvalue weighted by Gasteiger charge is 2.20. The van der Waals surface area contributed by atoms with E-state index >= 15 is 0 Å². The highest BCUT2D eigenvalue weighted by molar-refractivity contribution is 9.10. The summed E-state index contributed by atoms with van der Waals surface area (Å²) in [6, 6.07) is 18.0. The van der Waals surface area contributed by atoms with Crippen molar-refractivity contribution in [1.82, 2.24) is 4.72 Å². The first-order valence-electron chi connectivity index (χ1n) is 8.98. The molecule has 8 heteroatoms. The SMILES string of the molecule is CNS(=O)(=O)c1cc(NC(=O)c2ccccc2C(=O)c2ccc(Br)cc2)ccc1C. The summed E-state index contributed by atoms with van der Waals surface area (Å²) >= 11 is 3.33. The number of ketones is 1. The van der Waals surface area contributed by atoms with Crippen LogP contribution in [0.25, 0.3) is 0 Å². The van der Waals surface area contributed by atoms with Crippen LogP contribution in [-0.4, -0.2) is 27.2 Å². The van der Waals surface area contributed by atoms with Gasteiger partial charge in [0.2, 0.25) is 10.0 Å². The zero-order chi connectivity index (χ0) is 21.9. The van der Waals surface area contributed by atoms with Crippen LogP contribution in [-0.2, 0) is 10.0 Å². The molecule has 6 nitrogen and oxygen atoms in total. The molecule has 0 aliphatic rings. The first-order valence-corrected chi connectivity index (χ1v) is 11.3. The lowest BCUT2D eigenvalue weighted by Gasteiger charge is -2.12. The molecule has 0 saturated heterocycles. The second-order valence-electron chi connectivity index (χ2n) is 6.52. The Morgan fingerprint density at radius 1 is 0.900 bits per heavy atom. The molecule has 0 heterocycles. The third kappa shape index (κ3) is 4.67. The Bertz CT molecular complexity index is 1220. The molecule has 0 saturated carbocycles. The van der Waals surface area contributed by atoms with Gasteiger partial charge in [0.05, 0.1) is 10.5 Å². The van der Waals surface area contributed by atoms with Crippen LogP contribution >= 0.6 is 15.9 Å². The Balaban J connectivity index is 1.93. The van der Waals surface area contributed by atoms with Crippen LogP contribution in [0.2, 0.25) is 0 Å². The van der Waals surface area contributed by atoms with E-state index in [1.807, 2.05) is 0 Å². The standard InChI is InChI=1S/C22H19BrN2O4S/c1-14-7-12-17(13-20(14)30(28,29)24-2)25-22(27)19-6-4-3-5-18(19)21(26)15-8-10-16(23)11-9-15/h3-13,24H,1-2H3,(H,25,27). The Hall–Kier alpha value is -2.81. The van der Waals surface area contributed by atoms with Crippen molar-refractivity contribution in [2.24, 2.45) is 0 Å². The molecule has 0 radical (unpaired) electrons. The summed E-state index contributed by atoms with van der Waals surface area (Å²) in [4.78, 5) is 25.9. The molecule has 1 amide bonds. The third-order valence-electron chi connectivity index (χ3n) is 4.53. The van der Waals surface area contributed by atoms with Gasteiger partial charge in [-0.05, 0) is 62.0 Å². The second-order valence-corrected chi connectivity index (χ2v) is 9.29. The van der Waals surface area contributed by atoms with Gasteiger partial charge in [0.15, 0.2) is 5.78 Å². The average molecular weight is 487 g/mol. The van der Waals surface area contributed by atoms with Crippen molar-refractivity contribution in [3.63, 3.8) is 0 Å². The van der Waals surface area contributed by atoms with E-state index in [1.165, 1.54) is 13.1 Å². The van der Waals surface area contributed by atoms with E-state index < -0.39 is 15.9 Å². The lowest BCUT2D eigenvalue weighted by atomic mass is 9.98. The van der Waals surface area contributed by atoms with Crippen LogP contribution in [0, 0.1) is 6.92 Å².